The van der Waals surface area contributed by atoms with Gasteiger partial charge in [-0.1, -0.05) is 29.8 Å². The minimum absolute atomic E-state index is 0.350. The number of nitrogens with two attached hydrogens (primary N) is 2. The molecule has 1 atom stereocenters. The van der Waals surface area contributed by atoms with E-state index >= 15 is 0 Å². The van der Waals surface area contributed by atoms with Crippen molar-refractivity contribution in [2.45, 2.75) is 54.9 Å². The highest BCUT2D eigenvalue weighted by Gasteiger charge is 2.43. The van der Waals surface area contributed by atoms with E-state index in [2.05, 4.69) is 32.3 Å². The Morgan fingerprint density at radius 2 is 2.00 bits per heavy atom. The van der Waals surface area contributed by atoms with Gasteiger partial charge >= 0.3 is 0 Å². The molecule has 1 aliphatic carbocycles. The van der Waals surface area contributed by atoms with E-state index in [0.29, 0.717) is 22.3 Å². The van der Waals surface area contributed by atoms with Crippen LogP contribution in [0.25, 0.3) is 5.65 Å². The van der Waals surface area contributed by atoms with Gasteiger partial charge in [-0.3, -0.25) is 4.40 Å². The number of aryl methyl sites for hydroxylation is 1. The van der Waals surface area contributed by atoms with Crippen molar-refractivity contribution in [3.05, 3.63) is 41.3 Å². The first-order chi connectivity index (χ1) is 14.5. The van der Waals surface area contributed by atoms with Crippen LogP contribution in [0.15, 0.2) is 40.5 Å². The molecule has 3 aromatic rings. The quantitative estimate of drug-likeness (QED) is 0.620. The van der Waals surface area contributed by atoms with E-state index in [-0.39, 0.29) is 0 Å². The zero-order valence-corrected chi connectivity index (χ0v) is 18.7. The highest BCUT2D eigenvalue weighted by molar-refractivity contribution is 7.99. The molecule has 0 aromatic carbocycles. The maximum absolute atomic E-state index is 6.48. The number of halogens is 1. The SMILES string of the molecule is Cc1cc(N2CCC3(CCC[C@H]3N)CC2)n2ccnc2c1Sc1ccnc(N)c1Cl. The predicted octanol–water partition coefficient (Wildman–Crippen LogP) is 4.52. The van der Waals surface area contributed by atoms with Gasteiger partial charge in [-0.15, -0.1) is 0 Å². The molecule has 8 heteroatoms. The summed E-state index contributed by atoms with van der Waals surface area (Å²) < 4.78 is 2.19. The van der Waals surface area contributed by atoms with Crippen molar-refractivity contribution in [3.63, 3.8) is 0 Å². The van der Waals surface area contributed by atoms with E-state index < -0.39 is 0 Å². The zero-order chi connectivity index (χ0) is 20.9. The number of fused-ring (bicyclic) bond motifs is 1. The van der Waals surface area contributed by atoms with Crippen LogP contribution in [0.5, 0.6) is 0 Å². The number of imidazole rings is 1. The van der Waals surface area contributed by atoms with Crippen molar-refractivity contribution in [2.75, 3.05) is 23.7 Å². The maximum atomic E-state index is 6.48. The third-order valence-electron chi connectivity index (χ3n) is 6.95. The Morgan fingerprint density at radius 3 is 2.73 bits per heavy atom. The van der Waals surface area contributed by atoms with Crippen molar-refractivity contribution in [2.24, 2.45) is 11.1 Å². The molecule has 1 saturated heterocycles. The van der Waals surface area contributed by atoms with Crippen molar-refractivity contribution in [1.82, 2.24) is 14.4 Å². The fourth-order valence-electron chi connectivity index (χ4n) is 5.13. The third kappa shape index (κ3) is 3.24. The average Bonchev–Trinajstić information content (AvgIpc) is 3.36. The molecule has 4 N–H and O–H groups in total. The van der Waals surface area contributed by atoms with Crippen LogP contribution in [0.1, 0.15) is 37.7 Å². The lowest BCUT2D eigenvalue weighted by atomic mass is 9.74. The predicted molar refractivity (Wildman–Crippen MR) is 123 cm³/mol. The van der Waals surface area contributed by atoms with Gasteiger partial charge < -0.3 is 16.4 Å². The normalized spacial score (nSPS) is 21.0. The fraction of sp³-hybridized carbons (Fsp3) is 0.455. The number of piperidine rings is 1. The number of rotatable bonds is 3. The number of nitrogens with zero attached hydrogens (tertiary/aromatic N) is 4. The average molecular weight is 443 g/mol. The van der Waals surface area contributed by atoms with Crippen molar-refractivity contribution in [1.29, 1.82) is 0 Å². The van der Waals surface area contributed by atoms with Gasteiger partial charge in [0, 0.05) is 42.6 Å². The first kappa shape index (κ1) is 20.0. The molecule has 5 rings (SSSR count). The van der Waals surface area contributed by atoms with E-state index in [1.54, 1.807) is 18.0 Å². The number of hydrogen-bond donors (Lipinski definition) is 2. The van der Waals surface area contributed by atoms with Gasteiger partial charge in [-0.05, 0) is 55.7 Å². The van der Waals surface area contributed by atoms with E-state index in [0.717, 1.165) is 28.5 Å². The van der Waals surface area contributed by atoms with Gasteiger partial charge in [0.1, 0.15) is 11.6 Å². The highest BCUT2D eigenvalue weighted by Crippen LogP contribution is 2.46. The molecule has 0 bridgehead atoms. The van der Waals surface area contributed by atoms with Crippen molar-refractivity contribution >= 4 is 40.6 Å². The molecule has 3 aromatic heterocycles. The van der Waals surface area contributed by atoms with E-state index in [9.17, 15) is 0 Å². The molecule has 2 fully saturated rings. The minimum Gasteiger partial charge on any atom is -0.382 e. The van der Waals surface area contributed by atoms with Crippen LogP contribution in [0.3, 0.4) is 0 Å². The van der Waals surface area contributed by atoms with E-state index in [4.69, 9.17) is 23.1 Å². The summed E-state index contributed by atoms with van der Waals surface area (Å²) >= 11 is 7.98. The summed E-state index contributed by atoms with van der Waals surface area (Å²) in [6, 6.07) is 4.53. The van der Waals surface area contributed by atoms with Gasteiger partial charge in [0.15, 0.2) is 5.65 Å². The maximum Gasteiger partial charge on any atom is 0.152 e. The number of aromatic nitrogens is 3. The standard InChI is InChI=1S/C22H27ClN6S/c1-14-13-17(28-10-6-22(7-11-28)5-2-3-16(22)24)29-12-9-27-21(29)19(14)30-15-4-8-26-20(25)18(15)23/h4,8-9,12-13,16H,2-3,5-7,10-11,24H2,1H3,(H2,25,26)/t16-/m1/s1. The smallest absolute Gasteiger partial charge is 0.152 e. The number of pyridine rings is 2. The molecule has 0 unspecified atom stereocenters. The third-order valence-corrected chi connectivity index (χ3v) is 8.72. The van der Waals surface area contributed by atoms with Gasteiger partial charge in [0.2, 0.25) is 0 Å². The molecule has 1 aliphatic heterocycles. The summed E-state index contributed by atoms with van der Waals surface area (Å²) in [5, 5.41) is 0.491. The van der Waals surface area contributed by atoms with Gasteiger partial charge in [-0.25, -0.2) is 9.97 Å². The lowest BCUT2D eigenvalue weighted by Gasteiger charge is -2.43. The monoisotopic (exact) mass is 442 g/mol. The van der Waals surface area contributed by atoms with E-state index in [1.165, 1.54) is 43.5 Å². The van der Waals surface area contributed by atoms with Gasteiger partial charge in [-0.2, -0.15) is 0 Å². The summed E-state index contributed by atoms with van der Waals surface area (Å²) in [5.74, 6) is 1.55. The molecule has 2 aliphatic rings. The summed E-state index contributed by atoms with van der Waals surface area (Å²) in [7, 11) is 0. The first-order valence-electron chi connectivity index (χ1n) is 10.5. The lowest BCUT2D eigenvalue weighted by Crippen LogP contribution is -2.47. The molecule has 1 spiro atoms. The van der Waals surface area contributed by atoms with Crippen LogP contribution < -0.4 is 16.4 Å². The molecule has 0 radical (unpaired) electrons. The molecule has 0 amide bonds. The Kier molecular flexibility index (Phi) is 5.08. The second-order valence-electron chi connectivity index (χ2n) is 8.59. The largest absolute Gasteiger partial charge is 0.382 e. The highest BCUT2D eigenvalue weighted by atomic mass is 35.5. The molecule has 158 valence electrons. The molecule has 30 heavy (non-hydrogen) atoms. The minimum atomic E-state index is 0.350. The van der Waals surface area contributed by atoms with Crippen molar-refractivity contribution in [3.8, 4) is 0 Å². The van der Waals surface area contributed by atoms with Crippen LogP contribution in [-0.2, 0) is 0 Å². The zero-order valence-electron chi connectivity index (χ0n) is 17.1. The Hall–Kier alpha value is -1.96. The van der Waals surface area contributed by atoms with E-state index in [1.807, 2.05) is 18.5 Å². The fourth-order valence-corrected chi connectivity index (χ4v) is 6.36. The summed E-state index contributed by atoms with van der Waals surface area (Å²) in [5.41, 5.74) is 14.9. The molecule has 4 heterocycles. The van der Waals surface area contributed by atoms with Crippen LogP contribution in [0.2, 0.25) is 5.02 Å². The summed E-state index contributed by atoms with van der Waals surface area (Å²) in [4.78, 5) is 13.2. The van der Waals surface area contributed by atoms with Gasteiger partial charge in [0.05, 0.1) is 9.92 Å². The van der Waals surface area contributed by atoms with Crippen LogP contribution >= 0.6 is 23.4 Å². The molecule has 6 nitrogen and oxygen atoms in total. The van der Waals surface area contributed by atoms with Crippen LogP contribution in [0, 0.1) is 12.3 Å². The Labute approximate surface area is 186 Å². The van der Waals surface area contributed by atoms with Crippen molar-refractivity contribution < 1.29 is 0 Å². The molecular weight excluding hydrogens is 416 g/mol. The topological polar surface area (TPSA) is 85.5 Å². The Morgan fingerprint density at radius 1 is 1.20 bits per heavy atom. The molecular formula is C22H27ClN6S. The summed E-state index contributed by atoms with van der Waals surface area (Å²) in [6.45, 7) is 4.22. The lowest BCUT2D eigenvalue weighted by molar-refractivity contribution is 0.197. The first-order valence-corrected chi connectivity index (χ1v) is 11.7. The van der Waals surface area contributed by atoms with Crippen LogP contribution in [-0.4, -0.2) is 33.5 Å². The number of nitrogen functional groups attached to an aromatic ring is 1. The van der Waals surface area contributed by atoms with Crippen LogP contribution in [0.4, 0.5) is 11.6 Å². The Balaban J connectivity index is 1.47. The number of anilines is 2. The van der Waals surface area contributed by atoms with Gasteiger partial charge in [0.25, 0.3) is 0 Å². The molecule has 1 saturated carbocycles. The second-order valence-corrected chi connectivity index (χ2v) is 10.0. The number of hydrogen-bond acceptors (Lipinski definition) is 6. The Bertz CT molecular complexity index is 1090. The summed E-state index contributed by atoms with van der Waals surface area (Å²) in [6.07, 6.45) is 11.7. The second kappa shape index (κ2) is 7.62.